The molecule has 18 heavy (non-hydrogen) atoms. The first-order valence-electron chi connectivity index (χ1n) is 6.03. The molecular weight excluding hydrogens is 235 g/mol. The van der Waals surface area contributed by atoms with E-state index in [0.717, 1.165) is 5.56 Å². The van der Waals surface area contributed by atoms with E-state index < -0.39 is 5.97 Å². The van der Waals surface area contributed by atoms with Crippen LogP contribution in [0.2, 0.25) is 0 Å². The van der Waals surface area contributed by atoms with Crippen molar-refractivity contribution in [2.24, 2.45) is 0 Å². The lowest BCUT2D eigenvalue weighted by molar-refractivity contribution is -0.137. The van der Waals surface area contributed by atoms with Crippen LogP contribution in [0.5, 0.6) is 5.75 Å². The van der Waals surface area contributed by atoms with E-state index in [9.17, 15) is 9.18 Å². The molecule has 0 aromatic heterocycles. The third-order valence-corrected chi connectivity index (χ3v) is 2.86. The molecule has 0 radical (unpaired) electrons. The van der Waals surface area contributed by atoms with Gasteiger partial charge in [-0.15, -0.1) is 0 Å². The second-order valence-electron chi connectivity index (χ2n) is 4.59. The number of aryl methyl sites for hydroxylation is 1. The molecule has 4 heteroatoms. The van der Waals surface area contributed by atoms with E-state index in [0.29, 0.717) is 24.2 Å². The van der Waals surface area contributed by atoms with Gasteiger partial charge in [0.25, 0.3) is 0 Å². The van der Waals surface area contributed by atoms with Gasteiger partial charge >= 0.3 is 5.97 Å². The molecule has 0 spiro atoms. The lowest BCUT2D eigenvalue weighted by Gasteiger charge is -2.13. The highest BCUT2D eigenvalue weighted by Crippen LogP contribution is 2.28. The molecule has 0 unspecified atom stereocenters. The number of carboxylic acid groups (broad SMARTS) is 1. The van der Waals surface area contributed by atoms with E-state index >= 15 is 0 Å². The third-order valence-electron chi connectivity index (χ3n) is 2.86. The molecule has 0 saturated carbocycles. The number of ether oxygens (including phenoxy) is 1. The smallest absolute Gasteiger partial charge is 0.303 e. The van der Waals surface area contributed by atoms with Crippen LogP contribution in [0.25, 0.3) is 0 Å². The lowest BCUT2D eigenvalue weighted by atomic mass is 9.97. The van der Waals surface area contributed by atoms with E-state index in [1.807, 2.05) is 13.8 Å². The van der Waals surface area contributed by atoms with Crippen molar-refractivity contribution in [3.63, 3.8) is 0 Å². The highest BCUT2D eigenvalue weighted by molar-refractivity contribution is 5.66. The number of benzene rings is 1. The molecule has 3 nitrogen and oxygen atoms in total. The van der Waals surface area contributed by atoms with Crippen LogP contribution in [-0.4, -0.2) is 18.2 Å². The van der Waals surface area contributed by atoms with Gasteiger partial charge in [0.2, 0.25) is 0 Å². The number of carboxylic acids is 1. The average Bonchev–Trinajstić information content (AvgIpc) is 2.29. The molecule has 100 valence electrons. The number of hydrogen-bond donors (Lipinski definition) is 1. The molecule has 0 bridgehead atoms. The zero-order valence-electron chi connectivity index (χ0n) is 11.0. The molecular formula is C14H19FO3. The molecule has 1 aromatic rings. The van der Waals surface area contributed by atoms with Crippen molar-refractivity contribution < 1.29 is 19.0 Å². The van der Waals surface area contributed by atoms with E-state index in [-0.39, 0.29) is 18.2 Å². The molecule has 0 aliphatic heterocycles. The van der Waals surface area contributed by atoms with Crippen molar-refractivity contribution >= 4 is 5.97 Å². The fourth-order valence-electron chi connectivity index (χ4n) is 1.88. The Morgan fingerprint density at radius 1 is 1.44 bits per heavy atom. The van der Waals surface area contributed by atoms with Gasteiger partial charge in [0, 0.05) is 12.5 Å². The van der Waals surface area contributed by atoms with E-state index in [2.05, 4.69) is 0 Å². The highest BCUT2D eigenvalue weighted by atomic mass is 19.1. The minimum absolute atomic E-state index is 0.0918. The van der Waals surface area contributed by atoms with Crippen molar-refractivity contribution in [2.75, 3.05) is 7.11 Å². The summed E-state index contributed by atoms with van der Waals surface area (Å²) in [4.78, 5) is 10.5. The molecule has 0 saturated heterocycles. The number of carbonyl (C=O) groups is 1. The maximum Gasteiger partial charge on any atom is 0.303 e. The monoisotopic (exact) mass is 254 g/mol. The summed E-state index contributed by atoms with van der Waals surface area (Å²) in [6.45, 7) is 3.85. The zero-order valence-corrected chi connectivity index (χ0v) is 11.0. The standard InChI is InChI=1S/C14H19FO3/c1-9(2)11-7-10(5-4-6-14(16)17)13(18-3)8-12(11)15/h7-9H,4-6H2,1-3H3,(H,16,17). The predicted octanol–water partition coefficient (Wildman–Crippen LogP) is 3.37. The molecule has 0 amide bonds. The molecule has 1 aromatic carbocycles. The fourth-order valence-corrected chi connectivity index (χ4v) is 1.88. The van der Waals surface area contributed by atoms with Gasteiger partial charge in [0.05, 0.1) is 7.11 Å². The maximum atomic E-state index is 13.7. The first-order chi connectivity index (χ1) is 8.45. The quantitative estimate of drug-likeness (QED) is 0.846. The Balaban J connectivity index is 2.93. The Kier molecular flexibility index (Phi) is 5.13. The number of hydrogen-bond acceptors (Lipinski definition) is 2. The van der Waals surface area contributed by atoms with Gasteiger partial charge in [-0.05, 0) is 36.0 Å². The minimum atomic E-state index is -0.819. The number of rotatable bonds is 6. The molecule has 0 aliphatic rings. The summed E-state index contributed by atoms with van der Waals surface area (Å²) in [5, 5.41) is 8.61. The minimum Gasteiger partial charge on any atom is -0.496 e. The summed E-state index contributed by atoms with van der Waals surface area (Å²) < 4.78 is 18.9. The van der Waals surface area contributed by atoms with Gasteiger partial charge in [-0.1, -0.05) is 13.8 Å². The van der Waals surface area contributed by atoms with E-state index in [1.54, 1.807) is 6.07 Å². The summed E-state index contributed by atoms with van der Waals surface area (Å²) in [6, 6.07) is 3.16. The molecule has 0 atom stereocenters. The first kappa shape index (κ1) is 14.5. The van der Waals surface area contributed by atoms with Gasteiger partial charge in [-0.2, -0.15) is 0 Å². The topological polar surface area (TPSA) is 46.5 Å². The Bertz CT molecular complexity index is 427. The van der Waals surface area contributed by atoms with Crippen molar-refractivity contribution in [3.05, 3.63) is 29.1 Å². The van der Waals surface area contributed by atoms with Crippen LogP contribution in [0.4, 0.5) is 4.39 Å². The molecule has 0 heterocycles. The number of methoxy groups -OCH3 is 1. The normalized spacial score (nSPS) is 10.7. The summed E-state index contributed by atoms with van der Waals surface area (Å²) in [7, 11) is 1.49. The number of halogens is 1. The van der Waals surface area contributed by atoms with Crippen molar-refractivity contribution in [1.82, 2.24) is 0 Å². The lowest BCUT2D eigenvalue weighted by Crippen LogP contribution is -2.01. The molecule has 1 N–H and O–H groups in total. The molecule has 0 aliphatic carbocycles. The van der Waals surface area contributed by atoms with Crippen LogP contribution >= 0.6 is 0 Å². The van der Waals surface area contributed by atoms with Crippen molar-refractivity contribution in [1.29, 1.82) is 0 Å². The summed E-state index contributed by atoms with van der Waals surface area (Å²) in [6.07, 6.45) is 1.21. The first-order valence-corrected chi connectivity index (χ1v) is 6.03. The second-order valence-corrected chi connectivity index (χ2v) is 4.59. The van der Waals surface area contributed by atoms with Crippen LogP contribution in [0.3, 0.4) is 0 Å². The summed E-state index contributed by atoms with van der Waals surface area (Å²) in [5.74, 6) is -0.514. The maximum absolute atomic E-state index is 13.7. The van der Waals surface area contributed by atoms with Gasteiger partial charge in [0.1, 0.15) is 11.6 Å². The highest BCUT2D eigenvalue weighted by Gasteiger charge is 2.13. The summed E-state index contributed by atoms with van der Waals surface area (Å²) in [5.41, 5.74) is 1.50. The van der Waals surface area contributed by atoms with Crippen LogP contribution in [0, 0.1) is 5.82 Å². The van der Waals surface area contributed by atoms with Crippen LogP contribution < -0.4 is 4.74 Å². The van der Waals surface area contributed by atoms with E-state index in [4.69, 9.17) is 9.84 Å². The molecule has 1 rings (SSSR count). The van der Waals surface area contributed by atoms with Crippen LogP contribution in [-0.2, 0) is 11.2 Å². The Morgan fingerprint density at radius 3 is 2.61 bits per heavy atom. The number of aliphatic carboxylic acids is 1. The Morgan fingerprint density at radius 2 is 2.11 bits per heavy atom. The SMILES string of the molecule is COc1cc(F)c(C(C)C)cc1CCCC(=O)O. The Labute approximate surface area is 107 Å². The largest absolute Gasteiger partial charge is 0.496 e. The average molecular weight is 254 g/mol. The van der Waals surface area contributed by atoms with Gasteiger partial charge in [0.15, 0.2) is 0 Å². The van der Waals surface area contributed by atoms with Crippen molar-refractivity contribution in [2.45, 2.75) is 39.0 Å². The zero-order chi connectivity index (χ0) is 13.7. The third kappa shape index (κ3) is 3.72. The van der Waals surface area contributed by atoms with Crippen molar-refractivity contribution in [3.8, 4) is 5.75 Å². The van der Waals surface area contributed by atoms with Gasteiger partial charge in [-0.25, -0.2) is 4.39 Å². The van der Waals surface area contributed by atoms with Crippen LogP contribution in [0.15, 0.2) is 12.1 Å². The predicted molar refractivity (Wildman–Crippen MR) is 67.6 cm³/mol. The Hall–Kier alpha value is -1.58. The van der Waals surface area contributed by atoms with Gasteiger partial charge < -0.3 is 9.84 Å². The fraction of sp³-hybridized carbons (Fsp3) is 0.500. The van der Waals surface area contributed by atoms with Gasteiger partial charge in [-0.3, -0.25) is 4.79 Å². The summed E-state index contributed by atoms with van der Waals surface area (Å²) >= 11 is 0. The molecule has 0 fully saturated rings. The second kappa shape index (κ2) is 6.38. The van der Waals surface area contributed by atoms with Crippen LogP contribution in [0.1, 0.15) is 43.7 Å². The van der Waals surface area contributed by atoms with E-state index in [1.165, 1.54) is 13.2 Å².